The van der Waals surface area contributed by atoms with Crippen molar-refractivity contribution in [2.75, 3.05) is 5.75 Å². The summed E-state index contributed by atoms with van der Waals surface area (Å²) < 4.78 is 23.2. The molecule has 1 heterocycles. The molecule has 0 N–H and O–H groups in total. The van der Waals surface area contributed by atoms with Gasteiger partial charge >= 0.3 is 0 Å². The van der Waals surface area contributed by atoms with Crippen LogP contribution in [-0.4, -0.2) is 19.4 Å². The molecule has 1 aliphatic rings. The number of hydrogen-bond donors (Lipinski definition) is 0. The maximum absolute atomic E-state index is 11.6. The Morgan fingerprint density at radius 3 is 2.06 bits per heavy atom. The Labute approximate surface area is 107 Å². The molecule has 0 spiro atoms. The van der Waals surface area contributed by atoms with Gasteiger partial charge in [-0.05, 0) is 19.3 Å². The largest absolute Gasteiger partial charge is 0.229 e. The van der Waals surface area contributed by atoms with Crippen LogP contribution < -0.4 is 0 Å². The summed E-state index contributed by atoms with van der Waals surface area (Å²) in [4.78, 5) is 0. The molecule has 1 fully saturated rings. The summed E-state index contributed by atoms with van der Waals surface area (Å²) >= 11 is 0. The van der Waals surface area contributed by atoms with Crippen molar-refractivity contribution in [3.63, 3.8) is 0 Å². The van der Waals surface area contributed by atoms with E-state index in [9.17, 15) is 8.42 Å². The first-order valence-electron chi connectivity index (χ1n) is 7.38. The van der Waals surface area contributed by atoms with E-state index in [1.807, 2.05) is 0 Å². The molecule has 1 unspecified atom stereocenters. The van der Waals surface area contributed by atoms with Gasteiger partial charge in [-0.2, -0.15) is 0 Å². The minimum atomic E-state index is -2.69. The fraction of sp³-hybridized carbons (Fsp3) is 1.00. The molecule has 0 aromatic heterocycles. The maximum Gasteiger partial charge on any atom is 0.153 e. The first kappa shape index (κ1) is 15.0. The molecule has 0 bridgehead atoms. The van der Waals surface area contributed by atoms with E-state index in [0.29, 0.717) is 5.75 Å². The summed E-state index contributed by atoms with van der Waals surface area (Å²) in [6, 6.07) is 0. The summed E-state index contributed by atoms with van der Waals surface area (Å²) in [5.41, 5.74) is 0. The van der Waals surface area contributed by atoms with Crippen LogP contribution in [0.3, 0.4) is 0 Å². The molecule has 1 saturated heterocycles. The van der Waals surface area contributed by atoms with Gasteiger partial charge in [-0.3, -0.25) is 0 Å². The van der Waals surface area contributed by atoms with E-state index in [2.05, 4.69) is 6.92 Å². The molecular formula is C14H28O2S. The van der Waals surface area contributed by atoms with Gasteiger partial charge in [-0.15, -0.1) is 0 Å². The van der Waals surface area contributed by atoms with Crippen LogP contribution in [0.5, 0.6) is 0 Å². The lowest BCUT2D eigenvalue weighted by Gasteiger charge is -2.08. The first-order chi connectivity index (χ1) is 8.17. The second-order valence-corrected chi connectivity index (χ2v) is 7.80. The highest BCUT2D eigenvalue weighted by Crippen LogP contribution is 2.25. The van der Waals surface area contributed by atoms with E-state index in [1.54, 1.807) is 0 Å². The number of unbranched alkanes of at least 4 members (excludes halogenated alkanes) is 7. The smallest absolute Gasteiger partial charge is 0.153 e. The van der Waals surface area contributed by atoms with Crippen molar-refractivity contribution < 1.29 is 8.42 Å². The van der Waals surface area contributed by atoms with Crippen molar-refractivity contribution >= 4 is 9.84 Å². The zero-order valence-corrected chi connectivity index (χ0v) is 12.1. The highest BCUT2D eigenvalue weighted by Gasteiger charge is 2.30. The molecular weight excluding hydrogens is 232 g/mol. The van der Waals surface area contributed by atoms with Crippen LogP contribution in [0.1, 0.15) is 77.6 Å². The Hall–Kier alpha value is -0.0500. The highest BCUT2D eigenvalue weighted by atomic mass is 32.2. The molecule has 17 heavy (non-hydrogen) atoms. The van der Waals surface area contributed by atoms with Gasteiger partial charge in [-0.1, -0.05) is 58.3 Å². The van der Waals surface area contributed by atoms with Crippen molar-refractivity contribution in [2.45, 2.75) is 82.8 Å². The number of hydrogen-bond acceptors (Lipinski definition) is 2. The van der Waals surface area contributed by atoms with Crippen molar-refractivity contribution in [3.8, 4) is 0 Å². The minimum absolute atomic E-state index is 0.00240. The Kier molecular flexibility index (Phi) is 7.17. The van der Waals surface area contributed by atoms with E-state index in [4.69, 9.17) is 0 Å². The molecule has 0 aliphatic carbocycles. The fourth-order valence-electron chi connectivity index (χ4n) is 2.69. The lowest BCUT2D eigenvalue weighted by Crippen LogP contribution is -2.15. The number of sulfone groups is 1. The summed E-state index contributed by atoms with van der Waals surface area (Å²) in [5, 5.41) is 0.00240. The molecule has 0 aromatic rings. The second kappa shape index (κ2) is 8.12. The summed E-state index contributed by atoms with van der Waals surface area (Å²) in [5.74, 6) is 0.439. The highest BCUT2D eigenvalue weighted by molar-refractivity contribution is 7.92. The zero-order chi connectivity index (χ0) is 12.6. The average molecular weight is 260 g/mol. The second-order valence-electron chi connectivity index (χ2n) is 5.39. The molecule has 3 heteroatoms. The van der Waals surface area contributed by atoms with E-state index in [1.165, 1.54) is 44.9 Å². The van der Waals surface area contributed by atoms with E-state index < -0.39 is 9.84 Å². The minimum Gasteiger partial charge on any atom is -0.229 e. The van der Waals surface area contributed by atoms with E-state index in [0.717, 1.165) is 25.7 Å². The van der Waals surface area contributed by atoms with Gasteiger partial charge in [0.05, 0.1) is 11.0 Å². The van der Waals surface area contributed by atoms with Gasteiger partial charge in [0.25, 0.3) is 0 Å². The molecule has 0 aromatic carbocycles. The Morgan fingerprint density at radius 1 is 0.941 bits per heavy atom. The third kappa shape index (κ3) is 5.89. The van der Waals surface area contributed by atoms with Crippen molar-refractivity contribution in [2.24, 2.45) is 0 Å². The summed E-state index contributed by atoms with van der Waals surface area (Å²) in [6.07, 6.45) is 13.1. The zero-order valence-electron chi connectivity index (χ0n) is 11.3. The molecule has 102 valence electrons. The SMILES string of the molecule is CCCCCCCCCCC1CCCS1(=O)=O. The predicted molar refractivity (Wildman–Crippen MR) is 74.0 cm³/mol. The third-order valence-corrected chi connectivity index (χ3v) is 6.19. The molecule has 0 saturated carbocycles. The van der Waals surface area contributed by atoms with Crippen LogP contribution in [0.25, 0.3) is 0 Å². The number of rotatable bonds is 9. The van der Waals surface area contributed by atoms with Crippen molar-refractivity contribution in [3.05, 3.63) is 0 Å². The molecule has 0 radical (unpaired) electrons. The molecule has 1 atom stereocenters. The Balaban J connectivity index is 1.94. The fourth-order valence-corrected chi connectivity index (χ4v) is 4.64. The van der Waals surface area contributed by atoms with Crippen molar-refractivity contribution in [1.29, 1.82) is 0 Å². The van der Waals surface area contributed by atoms with Crippen LogP contribution in [0.15, 0.2) is 0 Å². The van der Waals surface area contributed by atoms with Crippen LogP contribution in [-0.2, 0) is 9.84 Å². The van der Waals surface area contributed by atoms with Crippen LogP contribution in [0.4, 0.5) is 0 Å². The molecule has 1 rings (SSSR count). The van der Waals surface area contributed by atoms with E-state index >= 15 is 0 Å². The first-order valence-corrected chi connectivity index (χ1v) is 9.10. The molecule has 1 aliphatic heterocycles. The topological polar surface area (TPSA) is 34.1 Å². The Morgan fingerprint density at radius 2 is 1.53 bits per heavy atom. The third-order valence-electron chi connectivity index (χ3n) is 3.84. The van der Waals surface area contributed by atoms with Crippen LogP contribution in [0, 0.1) is 0 Å². The predicted octanol–water partition coefficient (Wildman–Crippen LogP) is 4.09. The van der Waals surface area contributed by atoms with Crippen LogP contribution in [0.2, 0.25) is 0 Å². The lowest BCUT2D eigenvalue weighted by molar-refractivity contribution is 0.543. The lowest BCUT2D eigenvalue weighted by atomic mass is 10.1. The normalized spacial score (nSPS) is 23.0. The summed E-state index contributed by atoms with van der Waals surface area (Å²) in [7, 11) is -2.69. The van der Waals surface area contributed by atoms with Gasteiger partial charge < -0.3 is 0 Å². The van der Waals surface area contributed by atoms with Crippen LogP contribution >= 0.6 is 0 Å². The van der Waals surface area contributed by atoms with Gasteiger partial charge in [0.15, 0.2) is 9.84 Å². The summed E-state index contributed by atoms with van der Waals surface area (Å²) in [6.45, 7) is 2.24. The van der Waals surface area contributed by atoms with Gasteiger partial charge in [0, 0.05) is 0 Å². The molecule has 0 amide bonds. The Bertz CT molecular complexity index is 283. The van der Waals surface area contributed by atoms with Crippen molar-refractivity contribution in [1.82, 2.24) is 0 Å². The van der Waals surface area contributed by atoms with Gasteiger partial charge in [0.2, 0.25) is 0 Å². The molecule has 2 nitrogen and oxygen atoms in total. The standard InChI is InChI=1S/C14H28O2S/c1-2-3-4-5-6-7-8-9-11-14-12-10-13-17(14,15)16/h14H,2-13H2,1H3. The van der Waals surface area contributed by atoms with E-state index in [-0.39, 0.29) is 5.25 Å². The maximum atomic E-state index is 11.6. The monoisotopic (exact) mass is 260 g/mol. The quantitative estimate of drug-likeness (QED) is 0.585. The average Bonchev–Trinajstić information content (AvgIpc) is 2.62. The van der Waals surface area contributed by atoms with Gasteiger partial charge in [-0.25, -0.2) is 8.42 Å². The van der Waals surface area contributed by atoms with Gasteiger partial charge in [0.1, 0.15) is 0 Å².